The maximum absolute atomic E-state index is 12.8. The maximum Gasteiger partial charge on any atom is 0.403 e. The van der Waals surface area contributed by atoms with Crippen LogP contribution in [0.25, 0.3) is 0 Å². The van der Waals surface area contributed by atoms with E-state index in [1.54, 1.807) is 25.1 Å². The molecule has 202 valence electrons. The summed E-state index contributed by atoms with van der Waals surface area (Å²) in [6.45, 7) is 4.30. The molecule has 0 aliphatic heterocycles. The molecule has 0 radical (unpaired) electrons. The predicted molar refractivity (Wildman–Crippen MR) is 123 cm³/mol. The summed E-state index contributed by atoms with van der Waals surface area (Å²) in [5.41, 5.74) is 3.46. The van der Waals surface area contributed by atoms with Gasteiger partial charge in [0.05, 0.1) is 13.2 Å². The van der Waals surface area contributed by atoms with Crippen molar-refractivity contribution in [1.82, 2.24) is 0 Å². The van der Waals surface area contributed by atoms with Gasteiger partial charge in [0.25, 0.3) is 0 Å². The molecule has 0 saturated carbocycles. The predicted octanol–water partition coefficient (Wildman–Crippen LogP) is 5.62. The molecule has 4 nitrogen and oxygen atoms in total. The average molecular weight is 523 g/mol. The van der Waals surface area contributed by atoms with Crippen LogP contribution in [0, 0.1) is 5.92 Å². The molecule has 0 amide bonds. The number of hydrogen-bond donors (Lipinski definition) is 3. The maximum atomic E-state index is 12.8. The Morgan fingerprint density at radius 2 is 1.44 bits per heavy atom. The molecule has 1 unspecified atom stereocenters. The van der Waals surface area contributed by atoms with Gasteiger partial charge >= 0.3 is 12.4 Å². The highest BCUT2D eigenvalue weighted by atomic mass is 19.4. The van der Waals surface area contributed by atoms with Gasteiger partial charge in [0.2, 0.25) is 0 Å². The van der Waals surface area contributed by atoms with Crippen LogP contribution in [0.5, 0.6) is 5.75 Å². The molecule has 0 aromatic heterocycles. The molecule has 0 spiro atoms. The first-order chi connectivity index (χ1) is 16.6. The van der Waals surface area contributed by atoms with Crippen LogP contribution in [-0.4, -0.2) is 40.4 Å². The normalized spacial score (nSPS) is 13.8. The molecule has 0 bridgehead atoms. The van der Waals surface area contributed by atoms with E-state index in [4.69, 9.17) is 4.74 Å². The molecular weight excluding hydrogens is 490 g/mol. The minimum atomic E-state index is -5.65. The topological polar surface area (TPSA) is 69.9 Å². The summed E-state index contributed by atoms with van der Waals surface area (Å²) in [4.78, 5) is 0. The van der Waals surface area contributed by atoms with Gasteiger partial charge in [0.1, 0.15) is 18.5 Å². The molecule has 0 aliphatic rings. The van der Waals surface area contributed by atoms with Gasteiger partial charge in [-0.15, -0.1) is 0 Å². The fourth-order valence-electron chi connectivity index (χ4n) is 4.05. The summed E-state index contributed by atoms with van der Waals surface area (Å²) in [5.74, 6) is -3.78. The third kappa shape index (κ3) is 7.60. The number of aliphatic hydroxyl groups is 3. The van der Waals surface area contributed by atoms with Crippen molar-refractivity contribution < 1.29 is 46.4 Å². The first-order valence-electron chi connectivity index (χ1n) is 11.5. The lowest BCUT2D eigenvalue weighted by Gasteiger charge is -2.28. The standard InChI is InChI=1S/C26H32F6O4/c1-4-17-12-20(24(2,3)10-9-16-5-6-18(13-33)19(11-16)14-34)7-8-22(17)36-15-21(35)23(25(27,28)29)26(30,31)32/h5-8,11-12,21,23,33-35H,4,9-10,13-15H2,1-3H3. The molecule has 0 fully saturated rings. The highest BCUT2D eigenvalue weighted by molar-refractivity contribution is 5.40. The zero-order valence-electron chi connectivity index (χ0n) is 20.4. The summed E-state index contributed by atoms with van der Waals surface area (Å²) in [5, 5.41) is 28.5. The van der Waals surface area contributed by atoms with Gasteiger partial charge in [0.15, 0.2) is 5.92 Å². The second-order valence-corrected chi connectivity index (χ2v) is 9.42. The Morgan fingerprint density at radius 1 is 0.833 bits per heavy atom. The van der Waals surface area contributed by atoms with Crippen LogP contribution in [0.15, 0.2) is 36.4 Å². The van der Waals surface area contributed by atoms with Crippen molar-refractivity contribution in [3.63, 3.8) is 0 Å². The van der Waals surface area contributed by atoms with Crippen molar-refractivity contribution in [2.75, 3.05) is 6.61 Å². The largest absolute Gasteiger partial charge is 0.491 e. The van der Waals surface area contributed by atoms with E-state index in [0.29, 0.717) is 36.0 Å². The number of halogens is 6. The highest BCUT2D eigenvalue weighted by Gasteiger charge is 2.60. The number of alkyl halides is 6. The van der Waals surface area contributed by atoms with Crippen molar-refractivity contribution in [2.24, 2.45) is 5.92 Å². The van der Waals surface area contributed by atoms with E-state index in [2.05, 4.69) is 0 Å². The molecule has 0 aliphatic carbocycles. The number of aliphatic hydroxyl groups excluding tert-OH is 3. The molecule has 0 heterocycles. The Labute approximate surface area is 206 Å². The SMILES string of the molecule is CCc1cc(C(C)(C)CCc2ccc(CO)c(CO)c2)ccc1OCC(O)C(C(F)(F)F)C(F)(F)F. The zero-order chi connectivity index (χ0) is 27.3. The van der Waals surface area contributed by atoms with Crippen LogP contribution >= 0.6 is 0 Å². The van der Waals surface area contributed by atoms with Gasteiger partial charge in [-0.05, 0) is 58.6 Å². The first-order valence-corrected chi connectivity index (χ1v) is 11.5. The lowest BCUT2D eigenvalue weighted by molar-refractivity contribution is -0.308. The van der Waals surface area contributed by atoms with Crippen molar-refractivity contribution in [3.8, 4) is 5.75 Å². The van der Waals surface area contributed by atoms with Gasteiger partial charge < -0.3 is 20.1 Å². The Balaban J connectivity index is 2.14. The third-order valence-electron chi connectivity index (χ3n) is 6.37. The van der Waals surface area contributed by atoms with Crippen molar-refractivity contribution >= 4 is 0 Å². The summed E-state index contributed by atoms with van der Waals surface area (Å²) >= 11 is 0. The second kappa shape index (κ2) is 11.8. The highest BCUT2D eigenvalue weighted by Crippen LogP contribution is 2.41. The Hall–Kier alpha value is -2.30. The second-order valence-electron chi connectivity index (χ2n) is 9.42. The van der Waals surface area contributed by atoms with E-state index in [0.717, 1.165) is 11.1 Å². The molecule has 36 heavy (non-hydrogen) atoms. The number of benzene rings is 2. The quantitative estimate of drug-likeness (QED) is 0.335. The third-order valence-corrected chi connectivity index (χ3v) is 6.37. The Kier molecular flexibility index (Phi) is 9.84. The molecule has 10 heteroatoms. The Bertz CT molecular complexity index is 987. The summed E-state index contributed by atoms with van der Waals surface area (Å²) in [6.07, 6.45) is -12.3. The average Bonchev–Trinajstić information content (AvgIpc) is 2.79. The van der Waals surface area contributed by atoms with E-state index in [9.17, 15) is 41.7 Å². The lowest BCUT2D eigenvalue weighted by Crippen LogP contribution is -2.47. The van der Waals surface area contributed by atoms with Crippen LogP contribution in [-0.2, 0) is 31.5 Å². The van der Waals surface area contributed by atoms with E-state index >= 15 is 0 Å². The summed E-state index contributed by atoms with van der Waals surface area (Å²) in [6, 6.07) is 10.5. The summed E-state index contributed by atoms with van der Waals surface area (Å²) in [7, 11) is 0. The van der Waals surface area contributed by atoms with Crippen molar-refractivity contribution in [1.29, 1.82) is 0 Å². The smallest absolute Gasteiger partial charge is 0.403 e. The molecule has 3 N–H and O–H groups in total. The van der Waals surface area contributed by atoms with Gasteiger partial charge in [-0.25, -0.2) is 0 Å². The van der Waals surface area contributed by atoms with Crippen LogP contribution in [0.2, 0.25) is 0 Å². The molecular formula is C26H32F6O4. The van der Waals surface area contributed by atoms with E-state index in [-0.39, 0.29) is 24.4 Å². The molecule has 2 aromatic carbocycles. The number of rotatable bonds is 11. The first kappa shape index (κ1) is 29.9. The van der Waals surface area contributed by atoms with Gasteiger partial charge in [0, 0.05) is 0 Å². The Morgan fingerprint density at radius 3 is 1.97 bits per heavy atom. The summed E-state index contributed by atoms with van der Waals surface area (Å²) < 4.78 is 82.2. The van der Waals surface area contributed by atoms with E-state index in [1.807, 2.05) is 26.0 Å². The van der Waals surface area contributed by atoms with Crippen LogP contribution in [0.1, 0.15) is 55.0 Å². The van der Waals surface area contributed by atoms with E-state index < -0.39 is 31.0 Å². The number of ether oxygens (including phenoxy) is 1. The fraction of sp³-hybridized carbons (Fsp3) is 0.538. The van der Waals surface area contributed by atoms with Crippen LogP contribution in [0.4, 0.5) is 26.3 Å². The minimum Gasteiger partial charge on any atom is -0.491 e. The lowest BCUT2D eigenvalue weighted by atomic mass is 9.78. The molecule has 1 atom stereocenters. The van der Waals surface area contributed by atoms with Crippen molar-refractivity contribution in [2.45, 2.75) is 77.1 Å². The van der Waals surface area contributed by atoms with Crippen molar-refractivity contribution in [3.05, 3.63) is 64.2 Å². The monoisotopic (exact) mass is 522 g/mol. The van der Waals surface area contributed by atoms with E-state index in [1.165, 1.54) is 6.07 Å². The minimum absolute atomic E-state index is 0.117. The number of aryl methyl sites for hydroxylation is 2. The molecule has 2 rings (SSSR count). The number of hydrogen-bond acceptors (Lipinski definition) is 4. The van der Waals surface area contributed by atoms with Gasteiger partial charge in [-0.2, -0.15) is 26.3 Å². The molecule has 2 aromatic rings. The van der Waals surface area contributed by atoms with Crippen LogP contribution < -0.4 is 4.74 Å². The van der Waals surface area contributed by atoms with Gasteiger partial charge in [-0.1, -0.05) is 51.1 Å². The van der Waals surface area contributed by atoms with Crippen LogP contribution in [0.3, 0.4) is 0 Å². The zero-order valence-corrected chi connectivity index (χ0v) is 20.4. The fourth-order valence-corrected chi connectivity index (χ4v) is 4.05. The van der Waals surface area contributed by atoms with Gasteiger partial charge in [-0.3, -0.25) is 0 Å². The molecule has 0 saturated heterocycles.